The lowest BCUT2D eigenvalue weighted by Gasteiger charge is -2.37. The second kappa shape index (κ2) is 13.1. The fourth-order valence-electron chi connectivity index (χ4n) is 3.58. The average Bonchev–Trinajstić information content (AvgIpc) is 3.27. The van der Waals surface area contributed by atoms with Crippen molar-refractivity contribution in [1.82, 2.24) is 15.5 Å². The van der Waals surface area contributed by atoms with E-state index in [1.807, 2.05) is 19.1 Å². The number of ether oxygens (including phenoxy) is 2. The topological polar surface area (TPSA) is 78.4 Å². The highest BCUT2D eigenvalue weighted by Crippen LogP contribution is 2.30. The molecule has 31 heavy (non-hydrogen) atoms. The van der Waals surface area contributed by atoms with Crippen molar-refractivity contribution in [3.8, 4) is 11.5 Å². The van der Waals surface area contributed by atoms with Gasteiger partial charge in [-0.3, -0.25) is 4.90 Å². The van der Waals surface area contributed by atoms with Crippen LogP contribution >= 0.6 is 35.3 Å². The molecule has 2 atom stereocenters. The lowest BCUT2D eigenvalue weighted by atomic mass is 10.1. The van der Waals surface area contributed by atoms with Crippen LogP contribution in [0, 0.1) is 0 Å². The van der Waals surface area contributed by atoms with Gasteiger partial charge in [0.2, 0.25) is 0 Å². The second-order valence-corrected chi connectivity index (χ2v) is 8.23. The number of guanidine groups is 1. The molecule has 1 aromatic carbocycles. The third-order valence-corrected chi connectivity index (χ3v) is 6.08. The molecule has 9 heteroatoms. The number of halogens is 1. The van der Waals surface area contributed by atoms with Gasteiger partial charge < -0.3 is 25.2 Å². The summed E-state index contributed by atoms with van der Waals surface area (Å²) in [6.07, 6.45) is 0.235. The first-order chi connectivity index (χ1) is 14.6. The van der Waals surface area contributed by atoms with Crippen molar-refractivity contribution < 1.29 is 14.6 Å². The van der Waals surface area contributed by atoms with Crippen LogP contribution in [0.3, 0.4) is 0 Å². The number of methoxy groups -OCH3 is 1. The van der Waals surface area contributed by atoms with Gasteiger partial charge in [-0.2, -0.15) is 0 Å². The van der Waals surface area contributed by atoms with Gasteiger partial charge in [0.1, 0.15) is 0 Å². The standard InChI is InChI=1S/C22H32N4O3S.HI/c1-4-23-22(24-13-17-7-5-8-19(28-3)21(17)27)25-14-18(20-9-6-12-30-20)26-10-11-29-16(2)15-26;/h5-9,12,16,18,27H,4,10-11,13-15H2,1-3H3,(H2,23,24,25);1H. The highest BCUT2D eigenvalue weighted by molar-refractivity contribution is 14.0. The van der Waals surface area contributed by atoms with Gasteiger partial charge in [-0.15, -0.1) is 35.3 Å². The van der Waals surface area contributed by atoms with Crippen LogP contribution in [0.4, 0.5) is 0 Å². The van der Waals surface area contributed by atoms with Gasteiger partial charge in [0.25, 0.3) is 0 Å². The maximum atomic E-state index is 10.3. The SMILES string of the molecule is CCNC(=NCc1cccc(OC)c1O)NCC(c1cccs1)N1CCOC(C)C1.I. The molecular weight excluding hydrogens is 527 g/mol. The van der Waals surface area contributed by atoms with Crippen LogP contribution in [0.5, 0.6) is 11.5 Å². The second-order valence-electron chi connectivity index (χ2n) is 7.25. The van der Waals surface area contributed by atoms with Crippen LogP contribution in [0.15, 0.2) is 40.7 Å². The highest BCUT2D eigenvalue weighted by Gasteiger charge is 2.26. The number of para-hydroxylation sites is 1. The monoisotopic (exact) mass is 560 g/mol. The predicted molar refractivity (Wildman–Crippen MR) is 137 cm³/mol. The number of hydrogen-bond donors (Lipinski definition) is 3. The minimum Gasteiger partial charge on any atom is -0.504 e. The van der Waals surface area contributed by atoms with Crippen molar-refractivity contribution in [3.63, 3.8) is 0 Å². The lowest BCUT2D eigenvalue weighted by Crippen LogP contribution is -2.48. The first-order valence-corrected chi connectivity index (χ1v) is 11.3. The Kier molecular flexibility index (Phi) is 10.9. The third-order valence-electron chi connectivity index (χ3n) is 5.10. The van der Waals surface area contributed by atoms with E-state index in [4.69, 9.17) is 9.47 Å². The Bertz CT molecular complexity index is 819. The van der Waals surface area contributed by atoms with Gasteiger partial charge in [0.05, 0.1) is 32.4 Å². The first kappa shape index (κ1) is 25.7. The van der Waals surface area contributed by atoms with E-state index in [1.54, 1.807) is 24.5 Å². The number of hydrogen-bond acceptors (Lipinski definition) is 6. The summed E-state index contributed by atoms with van der Waals surface area (Å²) in [5.74, 6) is 1.32. The maximum absolute atomic E-state index is 10.3. The molecule has 1 aliphatic heterocycles. The van der Waals surface area contributed by atoms with E-state index in [1.165, 1.54) is 4.88 Å². The summed E-state index contributed by atoms with van der Waals surface area (Å²) in [5, 5.41) is 19.2. The van der Waals surface area contributed by atoms with E-state index in [9.17, 15) is 5.11 Å². The molecule has 1 saturated heterocycles. The number of phenolic OH excluding ortho intramolecular Hbond substituents is 1. The number of nitrogens with zero attached hydrogens (tertiary/aromatic N) is 2. The molecule has 0 bridgehead atoms. The molecule has 0 saturated carbocycles. The molecular formula is C22H33IN4O3S. The highest BCUT2D eigenvalue weighted by atomic mass is 127. The molecule has 3 rings (SSSR count). The fourth-order valence-corrected chi connectivity index (χ4v) is 4.44. The fraction of sp³-hybridized carbons (Fsp3) is 0.500. The Morgan fingerprint density at radius 3 is 2.87 bits per heavy atom. The molecule has 172 valence electrons. The predicted octanol–water partition coefficient (Wildman–Crippen LogP) is 3.60. The molecule has 1 fully saturated rings. The number of phenols is 1. The normalized spacial score (nSPS) is 18.2. The number of nitrogens with one attached hydrogen (secondary N) is 2. The van der Waals surface area contributed by atoms with Crippen LogP contribution < -0.4 is 15.4 Å². The molecule has 1 aromatic heterocycles. The maximum Gasteiger partial charge on any atom is 0.191 e. The van der Waals surface area contributed by atoms with Crippen molar-refractivity contribution in [3.05, 3.63) is 46.2 Å². The Hall–Kier alpha value is -1.56. The molecule has 2 aromatic rings. The minimum absolute atomic E-state index is 0. The Balaban J connectivity index is 0.00000341. The van der Waals surface area contributed by atoms with Crippen LogP contribution in [0.1, 0.15) is 30.3 Å². The van der Waals surface area contributed by atoms with E-state index in [0.29, 0.717) is 12.3 Å². The summed E-state index contributed by atoms with van der Waals surface area (Å²) in [6.45, 7) is 8.60. The van der Waals surface area contributed by atoms with Gasteiger partial charge >= 0.3 is 0 Å². The summed E-state index contributed by atoms with van der Waals surface area (Å²) in [7, 11) is 1.55. The Morgan fingerprint density at radius 2 is 2.19 bits per heavy atom. The minimum atomic E-state index is 0. The molecule has 2 unspecified atom stereocenters. The van der Waals surface area contributed by atoms with Crippen LogP contribution in [-0.2, 0) is 11.3 Å². The van der Waals surface area contributed by atoms with Gasteiger partial charge in [0, 0.05) is 36.6 Å². The molecule has 1 aliphatic rings. The van der Waals surface area contributed by atoms with E-state index in [0.717, 1.165) is 44.3 Å². The van der Waals surface area contributed by atoms with Gasteiger partial charge in [-0.25, -0.2) is 4.99 Å². The third kappa shape index (κ3) is 7.23. The largest absolute Gasteiger partial charge is 0.504 e. The van der Waals surface area contributed by atoms with E-state index in [2.05, 4.69) is 45.0 Å². The van der Waals surface area contributed by atoms with Gasteiger partial charge in [-0.1, -0.05) is 18.2 Å². The number of benzene rings is 1. The Morgan fingerprint density at radius 1 is 1.35 bits per heavy atom. The number of aliphatic imine (C=N–C) groups is 1. The quantitative estimate of drug-likeness (QED) is 0.260. The number of thiophene rings is 1. The molecule has 0 amide bonds. The summed E-state index contributed by atoms with van der Waals surface area (Å²) < 4.78 is 10.9. The molecule has 0 radical (unpaired) electrons. The average molecular weight is 561 g/mol. The Labute approximate surface area is 205 Å². The van der Waals surface area contributed by atoms with Crippen molar-refractivity contribution in [1.29, 1.82) is 0 Å². The molecule has 0 aliphatic carbocycles. The smallest absolute Gasteiger partial charge is 0.191 e. The lowest BCUT2D eigenvalue weighted by molar-refractivity contribution is -0.0334. The zero-order valence-electron chi connectivity index (χ0n) is 18.3. The van der Waals surface area contributed by atoms with Crippen LogP contribution in [0.2, 0.25) is 0 Å². The van der Waals surface area contributed by atoms with Crippen molar-refractivity contribution >= 4 is 41.3 Å². The zero-order chi connectivity index (χ0) is 21.3. The molecule has 0 spiro atoms. The number of rotatable bonds is 8. The van der Waals surface area contributed by atoms with Crippen LogP contribution in [-0.4, -0.2) is 62.0 Å². The summed E-state index contributed by atoms with van der Waals surface area (Å²) in [4.78, 5) is 8.48. The summed E-state index contributed by atoms with van der Waals surface area (Å²) in [5.41, 5.74) is 0.725. The van der Waals surface area contributed by atoms with E-state index < -0.39 is 0 Å². The first-order valence-electron chi connectivity index (χ1n) is 10.4. The summed E-state index contributed by atoms with van der Waals surface area (Å²) in [6, 6.07) is 9.99. The van der Waals surface area contributed by atoms with Crippen molar-refractivity contribution in [2.75, 3.05) is 39.9 Å². The van der Waals surface area contributed by atoms with Gasteiger partial charge in [-0.05, 0) is 31.4 Å². The number of morpholine rings is 1. The van der Waals surface area contributed by atoms with E-state index in [-0.39, 0.29) is 41.9 Å². The van der Waals surface area contributed by atoms with Crippen molar-refractivity contribution in [2.24, 2.45) is 4.99 Å². The van der Waals surface area contributed by atoms with Crippen LogP contribution in [0.25, 0.3) is 0 Å². The zero-order valence-corrected chi connectivity index (χ0v) is 21.5. The molecule has 7 nitrogen and oxygen atoms in total. The molecule has 3 N–H and O–H groups in total. The van der Waals surface area contributed by atoms with E-state index >= 15 is 0 Å². The molecule has 2 heterocycles. The number of aromatic hydroxyl groups is 1. The van der Waals surface area contributed by atoms with Gasteiger partial charge in [0.15, 0.2) is 17.5 Å². The summed E-state index contributed by atoms with van der Waals surface area (Å²) >= 11 is 1.78. The van der Waals surface area contributed by atoms with Crippen molar-refractivity contribution in [2.45, 2.75) is 32.5 Å².